The van der Waals surface area contributed by atoms with Crippen LogP contribution in [-0.2, 0) is 11.3 Å². The van der Waals surface area contributed by atoms with Crippen molar-refractivity contribution in [3.63, 3.8) is 0 Å². The van der Waals surface area contributed by atoms with Crippen molar-refractivity contribution in [1.82, 2.24) is 14.8 Å². The van der Waals surface area contributed by atoms with Crippen molar-refractivity contribution in [2.45, 2.75) is 6.54 Å². The fourth-order valence-electron chi connectivity index (χ4n) is 1.25. The van der Waals surface area contributed by atoms with Gasteiger partial charge in [-0.15, -0.1) is 0 Å². The first kappa shape index (κ1) is 9.39. The SMILES string of the molecule is O=C(O)Cn1cc(-c2ccccn2)cn1. The molecule has 15 heavy (non-hydrogen) atoms. The monoisotopic (exact) mass is 203 g/mol. The molecular weight excluding hydrogens is 194 g/mol. The molecule has 0 fully saturated rings. The Morgan fingerprint density at radius 1 is 1.47 bits per heavy atom. The van der Waals surface area contributed by atoms with Crippen LogP contribution in [0.1, 0.15) is 0 Å². The summed E-state index contributed by atoms with van der Waals surface area (Å²) in [6.45, 7) is -0.132. The second-order valence-electron chi connectivity index (χ2n) is 3.04. The van der Waals surface area contributed by atoms with Crippen molar-refractivity contribution in [3.05, 3.63) is 36.8 Å². The van der Waals surface area contributed by atoms with Gasteiger partial charge in [-0.2, -0.15) is 5.10 Å². The second-order valence-corrected chi connectivity index (χ2v) is 3.04. The first-order chi connectivity index (χ1) is 7.25. The Labute approximate surface area is 86.0 Å². The molecule has 2 heterocycles. The summed E-state index contributed by atoms with van der Waals surface area (Å²) in [7, 11) is 0. The maximum atomic E-state index is 10.4. The number of nitrogens with zero attached hydrogens (tertiary/aromatic N) is 3. The lowest BCUT2D eigenvalue weighted by Gasteiger charge is -1.94. The van der Waals surface area contributed by atoms with E-state index in [-0.39, 0.29) is 6.54 Å². The molecule has 0 radical (unpaired) electrons. The van der Waals surface area contributed by atoms with Crippen LogP contribution < -0.4 is 0 Å². The zero-order valence-corrected chi connectivity index (χ0v) is 7.87. The van der Waals surface area contributed by atoms with E-state index in [1.165, 1.54) is 4.68 Å². The van der Waals surface area contributed by atoms with E-state index in [9.17, 15) is 4.79 Å². The Balaban J connectivity index is 2.24. The van der Waals surface area contributed by atoms with Gasteiger partial charge in [0, 0.05) is 18.0 Å². The molecule has 0 amide bonds. The summed E-state index contributed by atoms with van der Waals surface area (Å²) >= 11 is 0. The van der Waals surface area contributed by atoms with Crippen molar-refractivity contribution >= 4 is 5.97 Å². The van der Waals surface area contributed by atoms with Gasteiger partial charge in [-0.05, 0) is 12.1 Å². The minimum Gasteiger partial charge on any atom is -0.480 e. The van der Waals surface area contributed by atoms with Gasteiger partial charge in [0.2, 0.25) is 0 Å². The molecule has 0 aliphatic carbocycles. The van der Waals surface area contributed by atoms with E-state index in [0.717, 1.165) is 11.3 Å². The zero-order valence-electron chi connectivity index (χ0n) is 7.87. The highest BCUT2D eigenvalue weighted by Crippen LogP contribution is 2.14. The molecule has 0 saturated carbocycles. The minimum absolute atomic E-state index is 0.132. The summed E-state index contributed by atoms with van der Waals surface area (Å²) < 4.78 is 1.37. The third kappa shape index (κ3) is 2.19. The summed E-state index contributed by atoms with van der Waals surface area (Å²) in [4.78, 5) is 14.6. The number of pyridine rings is 1. The lowest BCUT2D eigenvalue weighted by molar-refractivity contribution is -0.137. The second kappa shape index (κ2) is 3.91. The molecule has 2 aromatic rings. The molecular formula is C10H9N3O2. The molecule has 76 valence electrons. The van der Waals surface area contributed by atoms with Crippen molar-refractivity contribution < 1.29 is 9.90 Å². The van der Waals surface area contributed by atoms with E-state index in [2.05, 4.69) is 10.1 Å². The van der Waals surface area contributed by atoms with Gasteiger partial charge < -0.3 is 5.11 Å². The number of carboxylic acids is 1. The normalized spacial score (nSPS) is 10.1. The summed E-state index contributed by atoms with van der Waals surface area (Å²) in [6.07, 6.45) is 4.95. The number of carboxylic acid groups (broad SMARTS) is 1. The Morgan fingerprint density at radius 3 is 3.00 bits per heavy atom. The summed E-state index contributed by atoms with van der Waals surface area (Å²) in [5, 5.41) is 12.5. The lowest BCUT2D eigenvalue weighted by Crippen LogP contribution is -2.08. The van der Waals surface area contributed by atoms with Gasteiger partial charge in [0.15, 0.2) is 0 Å². The standard InChI is InChI=1S/C10H9N3O2/c14-10(15)7-13-6-8(5-12-13)9-3-1-2-4-11-9/h1-6H,7H2,(H,14,15). The summed E-state index contributed by atoms with van der Waals surface area (Å²) in [5.41, 5.74) is 1.60. The number of carbonyl (C=O) groups is 1. The first-order valence-corrected chi connectivity index (χ1v) is 4.41. The number of aliphatic carboxylic acids is 1. The average Bonchev–Trinajstić information content (AvgIpc) is 2.67. The van der Waals surface area contributed by atoms with Gasteiger partial charge in [0.1, 0.15) is 6.54 Å². The predicted octanol–water partition coefficient (Wildman–Crippen LogP) is 1.03. The van der Waals surface area contributed by atoms with Crippen LogP contribution in [0.15, 0.2) is 36.8 Å². The smallest absolute Gasteiger partial charge is 0.325 e. The molecule has 0 aromatic carbocycles. The van der Waals surface area contributed by atoms with E-state index in [4.69, 9.17) is 5.11 Å². The highest BCUT2D eigenvalue weighted by Gasteiger charge is 2.04. The largest absolute Gasteiger partial charge is 0.480 e. The van der Waals surface area contributed by atoms with Gasteiger partial charge in [-0.1, -0.05) is 6.07 Å². The van der Waals surface area contributed by atoms with Gasteiger partial charge in [0.25, 0.3) is 0 Å². The van der Waals surface area contributed by atoms with Gasteiger partial charge in [0.05, 0.1) is 11.9 Å². The van der Waals surface area contributed by atoms with Gasteiger partial charge >= 0.3 is 5.97 Å². The third-order valence-electron chi connectivity index (χ3n) is 1.89. The van der Waals surface area contributed by atoms with Crippen LogP contribution in [0, 0.1) is 0 Å². The van der Waals surface area contributed by atoms with Crippen LogP contribution in [0.4, 0.5) is 0 Å². The maximum absolute atomic E-state index is 10.4. The van der Waals surface area contributed by atoms with Gasteiger partial charge in [-0.25, -0.2) is 0 Å². The number of rotatable bonds is 3. The Hall–Kier alpha value is -2.17. The molecule has 0 unspecified atom stereocenters. The van der Waals surface area contributed by atoms with E-state index in [1.54, 1.807) is 18.6 Å². The molecule has 1 N–H and O–H groups in total. The number of aromatic nitrogens is 3. The van der Waals surface area contributed by atoms with E-state index in [0.29, 0.717) is 0 Å². The predicted molar refractivity (Wildman–Crippen MR) is 53.1 cm³/mol. The Kier molecular flexibility index (Phi) is 2.45. The molecule has 2 rings (SSSR count). The van der Waals surface area contributed by atoms with Crippen LogP contribution in [0.25, 0.3) is 11.3 Å². The zero-order chi connectivity index (χ0) is 10.7. The molecule has 0 bridgehead atoms. The van der Waals surface area contributed by atoms with Crippen molar-refractivity contribution in [2.24, 2.45) is 0 Å². The van der Waals surface area contributed by atoms with Crippen LogP contribution in [0.5, 0.6) is 0 Å². The fourth-order valence-corrected chi connectivity index (χ4v) is 1.25. The first-order valence-electron chi connectivity index (χ1n) is 4.41. The molecule has 0 saturated heterocycles. The van der Waals surface area contributed by atoms with Crippen molar-refractivity contribution in [1.29, 1.82) is 0 Å². The molecule has 0 aliphatic rings. The third-order valence-corrected chi connectivity index (χ3v) is 1.89. The minimum atomic E-state index is -0.911. The van der Waals surface area contributed by atoms with Crippen LogP contribution in [0.3, 0.4) is 0 Å². The van der Waals surface area contributed by atoms with E-state index in [1.807, 2.05) is 18.2 Å². The van der Waals surface area contributed by atoms with Crippen LogP contribution in [0.2, 0.25) is 0 Å². The summed E-state index contributed by atoms with van der Waals surface area (Å²) in [6, 6.07) is 5.55. The molecule has 5 heteroatoms. The fraction of sp³-hybridized carbons (Fsp3) is 0.100. The highest BCUT2D eigenvalue weighted by atomic mass is 16.4. The maximum Gasteiger partial charge on any atom is 0.325 e. The van der Waals surface area contributed by atoms with Gasteiger partial charge in [-0.3, -0.25) is 14.5 Å². The van der Waals surface area contributed by atoms with Crippen LogP contribution >= 0.6 is 0 Å². The summed E-state index contributed by atoms with van der Waals surface area (Å²) in [5.74, 6) is -0.911. The Bertz CT molecular complexity index is 465. The molecule has 0 aliphatic heterocycles. The number of hydrogen-bond acceptors (Lipinski definition) is 3. The van der Waals surface area contributed by atoms with Crippen LogP contribution in [-0.4, -0.2) is 25.8 Å². The highest BCUT2D eigenvalue weighted by molar-refractivity contribution is 5.66. The van der Waals surface area contributed by atoms with Crippen molar-refractivity contribution in [3.8, 4) is 11.3 Å². The Morgan fingerprint density at radius 2 is 2.33 bits per heavy atom. The molecule has 0 atom stereocenters. The molecule has 0 spiro atoms. The quantitative estimate of drug-likeness (QED) is 0.808. The number of hydrogen-bond donors (Lipinski definition) is 1. The van der Waals surface area contributed by atoms with E-state index >= 15 is 0 Å². The topological polar surface area (TPSA) is 68.0 Å². The molecule has 5 nitrogen and oxygen atoms in total. The average molecular weight is 203 g/mol. The van der Waals surface area contributed by atoms with Crippen molar-refractivity contribution in [2.75, 3.05) is 0 Å². The van der Waals surface area contributed by atoms with E-state index < -0.39 is 5.97 Å². The molecule has 2 aromatic heterocycles. The lowest BCUT2D eigenvalue weighted by atomic mass is 10.2.